The van der Waals surface area contributed by atoms with E-state index in [0.717, 1.165) is 12.2 Å². The van der Waals surface area contributed by atoms with Gasteiger partial charge in [0.1, 0.15) is 11.6 Å². The number of hydrogen-bond donors (Lipinski definition) is 2. The molecule has 9 heteroatoms. The van der Waals surface area contributed by atoms with Crippen LogP contribution in [-0.2, 0) is 24.2 Å². The van der Waals surface area contributed by atoms with E-state index < -0.39 is 0 Å². The number of aliphatic imine (C=N–C) groups is 1. The highest BCUT2D eigenvalue weighted by atomic mass is 19.1. The summed E-state index contributed by atoms with van der Waals surface area (Å²) in [6.07, 6.45) is 11.5. The molecule has 1 unspecified atom stereocenters. The molecule has 0 aliphatic heterocycles. The fourth-order valence-corrected chi connectivity index (χ4v) is 3.88. The van der Waals surface area contributed by atoms with Gasteiger partial charge in [-0.2, -0.15) is 0 Å². The number of guanidine groups is 1. The predicted molar refractivity (Wildman–Crippen MR) is 127 cm³/mol. The minimum atomic E-state index is -0.303. The zero-order valence-electron chi connectivity index (χ0n) is 19.4. The fraction of sp³-hybridized carbons (Fsp3) is 0.417. The van der Waals surface area contributed by atoms with E-state index in [-0.39, 0.29) is 12.4 Å². The maximum Gasteiger partial charge on any atom is 0.205 e. The molecule has 0 saturated heterocycles. The lowest BCUT2D eigenvalue weighted by Gasteiger charge is -2.31. The van der Waals surface area contributed by atoms with E-state index in [1.165, 1.54) is 11.6 Å². The number of aromatic nitrogens is 2. The molecule has 33 heavy (non-hydrogen) atoms. The minimum absolute atomic E-state index is 0.0121. The van der Waals surface area contributed by atoms with Crippen molar-refractivity contribution in [2.24, 2.45) is 10.9 Å². The second kappa shape index (κ2) is 12.2. The molecular weight excluding hydrogens is 423 g/mol. The molecule has 1 atom stereocenters. The van der Waals surface area contributed by atoms with Gasteiger partial charge in [0.05, 0.1) is 13.4 Å². The molecule has 2 N–H and O–H groups in total. The van der Waals surface area contributed by atoms with Crippen LogP contribution in [0.5, 0.6) is 0 Å². The second-order valence-corrected chi connectivity index (χ2v) is 8.04. The summed E-state index contributed by atoms with van der Waals surface area (Å²) < 4.78 is 22.1. The number of hydrazine groups is 1. The first kappa shape index (κ1) is 24.5. The van der Waals surface area contributed by atoms with Gasteiger partial charge in [-0.25, -0.2) is 9.37 Å². The van der Waals surface area contributed by atoms with E-state index in [0.29, 0.717) is 54.1 Å². The van der Waals surface area contributed by atoms with Crippen LogP contribution in [0.15, 0.2) is 65.4 Å². The molecule has 1 aliphatic carbocycles. The number of hydroxylamine groups is 1. The van der Waals surface area contributed by atoms with Crippen LogP contribution in [0.25, 0.3) is 0 Å². The average Bonchev–Trinajstić information content (AvgIpc) is 3.31. The van der Waals surface area contributed by atoms with Crippen LogP contribution in [0.4, 0.5) is 4.39 Å². The summed E-state index contributed by atoms with van der Waals surface area (Å²) in [4.78, 5) is 8.07. The Labute approximate surface area is 194 Å². The van der Waals surface area contributed by atoms with Crippen LogP contribution in [0.2, 0.25) is 0 Å². The van der Waals surface area contributed by atoms with Crippen LogP contribution in [0.1, 0.15) is 30.9 Å². The average molecular weight is 456 g/mol. The Bertz CT molecular complexity index is 987. The summed E-state index contributed by atoms with van der Waals surface area (Å²) in [6, 6.07) is 4.85. The van der Waals surface area contributed by atoms with Crippen molar-refractivity contribution in [1.29, 1.82) is 0 Å². The molecule has 178 valence electrons. The Morgan fingerprint density at radius 2 is 2.24 bits per heavy atom. The molecule has 0 bridgehead atoms. The number of nitrogens with one attached hydrogen (secondary N) is 2. The third-order valence-corrected chi connectivity index (χ3v) is 5.60. The monoisotopic (exact) mass is 455 g/mol. The number of benzene rings is 1. The molecular formula is C24H32FN6O2-. The van der Waals surface area contributed by atoms with Crippen LogP contribution < -0.4 is 10.7 Å². The SMILES string of the molecule is CN=C(NCCn1ccnc1)NN([O-])Cc1cccc(F)c1CCC1=C(OC)C=CC(C)C1. The number of ether oxygens (including phenoxy) is 1. The van der Waals surface area contributed by atoms with E-state index in [9.17, 15) is 9.60 Å². The molecule has 0 saturated carbocycles. The van der Waals surface area contributed by atoms with Crippen LogP contribution in [0.3, 0.4) is 0 Å². The number of rotatable bonds is 10. The van der Waals surface area contributed by atoms with Gasteiger partial charge >= 0.3 is 0 Å². The number of imidazole rings is 1. The summed E-state index contributed by atoms with van der Waals surface area (Å²) in [6.45, 7) is 3.39. The third kappa shape index (κ3) is 7.16. The van der Waals surface area contributed by atoms with Crippen molar-refractivity contribution in [3.05, 3.63) is 82.6 Å². The van der Waals surface area contributed by atoms with Crippen LogP contribution in [0, 0.1) is 16.9 Å². The molecule has 0 fully saturated rings. The summed E-state index contributed by atoms with van der Waals surface area (Å²) >= 11 is 0. The molecule has 2 aromatic rings. The van der Waals surface area contributed by atoms with E-state index >= 15 is 0 Å². The van der Waals surface area contributed by atoms with Gasteiger partial charge in [0.2, 0.25) is 5.96 Å². The molecule has 3 rings (SSSR count). The smallest absolute Gasteiger partial charge is 0.205 e. The van der Waals surface area contributed by atoms with Gasteiger partial charge in [-0.1, -0.05) is 25.1 Å². The molecule has 1 aliphatic rings. The largest absolute Gasteiger partial charge is 0.767 e. The third-order valence-electron chi connectivity index (χ3n) is 5.60. The van der Waals surface area contributed by atoms with Gasteiger partial charge in [0.15, 0.2) is 0 Å². The van der Waals surface area contributed by atoms with E-state index in [4.69, 9.17) is 4.74 Å². The number of halogens is 1. The lowest BCUT2D eigenvalue weighted by atomic mass is 9.90. The normalized spacial score (nSPS) is 16.4. The number of allylic oxidation sites excluding steroid dienone is 3. The number of methoxy groups -OCH3 is 1. The highest BCUT2D eigenvalue weighted by Gasteiger charge is 2.16. The van der Waals surface area contributed by atoms with Gasteiger partial charge < -0.3 is 25.3 Å². The highest BCUT2D eigenvalue weighted by molar-refractivity contribution is 5.79. The number of nitrogens with zero attached hydrogens (tertiary/aromatic N) is 4. The first-order chi connectivity index (χ1) is 16.0. The lowest BCUT2D eigenvalue weighted by molar-refractivity contribution is 0.294. The standard InChI is InChI=1S/C24H32FN6O2/c1-18-7-10-23(33-3)19(15-18)8-9-21-20(5-4-6-22(21)25)16-31(32)29-24(26-2)28-12-14-30-13-11-27-17-30/h4-7,10-11,13,17-18H,8-9,12,14-16H2,1-3H3,(H2,26,28,29)/q-1. The summed E-state index contributed by atoms with van der Waals surface area (Å²) in [5.74, 6) is 1.32. The maximum atomic E-state index is 14.7. The molecule has 1 aromatic heterocycles. The van der Waals surface area contributed by atoms with E-state index in [1.807, 2.05) is 16.8 Å². The van der Waals surface area contributed by atoms with Crippen molar-refractivity contribution >= 4 is 5.96 Å². The molecule has 8 nitrogen and oxygen atoms in total. The van der Waals surface area contributed by atoms with Gasteiger partial charge in [-0.05, 0) is 54.0 Å². The zero-order valence-corrected chi connectivity index (χ0v) is 19.4. The van der Waals surface area contributed by atoms with Crippen molar-refractivity contribution in [3.63, 3.8) is 0 Å². The maximum absolute atomic E-state index is 14.7. The topological polar surface area (TPSA) is 89.8 Å². The predicted octanol–water partition coefficient (Wildman–Crippen LogP) is 3.53. The lowest BCUT2D eigenvalue weighted by Crippen LogP contribution is -2.46. The molecule has 1 heterocycles. The summed E-state index contributed by atoms with van der Waals surface area (Å²) in [5.41, 5.74) is 5.06. The molecule has 1 aromatic carbocycles. The van der Waals surface area contributed by atoms with Crippen LogP contribution >= 0.6 is 0 Å². The Balaban J connectivity index is 1.59. The quantitative estimate of drug-likeness (QED) is 0.324. The van der Waals surface area contributed by atoms with Gasteiger partial charge in [-0.3, -0.25) is 10.2 Å². The second-order valence-electron chi connectivity index (χ2n) is 8.04. The van der Waals surface area contributed by atoms with Crippen molar-refractivity contribution in [1.82, 2.24) is 25.5 Å². The van der Waals surface area contributed by atoms with Crippen LogP contribution in [-0.4, -0.2) is 41.4 Å². The molecule has 0 amide bonds. The van der Waals surface area contributed by atoms with Crippen molar-refractivity contribution in [2.75, 3.05) is 20.7 Å². The number of hydrogen-bond acceptors (Lipinski definition) is 5. The highest BCUT2D eigenvalue weighted by Crippen LogP contribution is 2.28. The molecule has 0 spiro atoms. The van der Waals surface area contributed by atoms with Gasteiger partial charge in [0.25, 0.3) is 0 Å². The Morgan fingerprint density at radius 3 is 2.97 bits per heavy atom. The summed E-state index contributed by atoms with van der Waals surface area (Å²) in [5, 5.41) is 16.3. The Kier molecular flexibility index (Phi) is 9.03. The van der Waals surface area contributed by atoms with Crippen molar-refractivity contribution in [2.45, 2.75) is 39.3 Å². The van der Waals surface area contributed by atoms with Gasteiger partial charge in [0, 0.05) is 39.1 Å². The zero-order chi connectivity index (χ0) is 23.6. The Hall–Kier alpha value is -3.17. The first-order valence-corrected chi connectivity index (χ1v) is 11.1. The van der Waals surface area contributed by atoms with Crippen molar-refractivity contribution < 1.29 is 9.13 Å². The van der Waals surface area contributed by atoms with E-state index in [2.05, 4.69) is 33.7 Å². The van der Waals surface area contributed by atoms with Gasteiger partial charge in [-0.15, -0.1) is 0 Å². The van der Waals surface area contributed by atoms with Crippen molar-refractivity contribution in [3.8, 4) is 0 Å². The minimum Gasteiger partial charge on any atom is -0.767 e. The Morgan fingerprint density at radius 1 is 1.39 bits per heavy atom. The van der Waals surface area contributed by atoms with E-state index in [1.54, 1.807) is 38.8 Å². The molecule has 0 radical (unpaired) electrons. The summed E-state index contributed by atoms with van der Waals surface area (Å²) in [7, 11) is 3.25. The first-order valence-electron chi connectivity index (χ1n) is 11.1. The fourth-order valence-electron chi connectivity index (χ4n) is 3.88.